The second-order valence-corrected chi connectivity index (χ2v) is 4.79. The van der Waals surface area contributed by atoms with Crippen LogP contribution < -0.4 is 0 Å². The summed E-state index contributed by atoms with van der Waals surface area (Å²) in [5.74, 6) is -0.395. The number of carbonyl (C=O) groups excluding carboxylic acids is 1. The second-order valence-electron chi connectivity index (χ2n) is 4.79. The first-order valence-corrected chi connectivity index (χ1v) is 6.60. The van der Waals surface area contributed by atoms with Gasteiger partial charge >= 0.3 is 5.97 Å². The Morgan fingerprint density at radius 3 is 2.05 bits per heavy atom. The summed E-state index contributed by atoms with van der Waals surface area (Å²) < 4.78 is 4.99. The van der Waals surface area contributed by atoms with Crippen molar-refractivity contribution in [3.05, 3.63) is 83.4 Å². The SMILES string of the molecule is C=CC(=O)OCc1ccc(Cc2ccc(C)cc2)cc1. The third-order valence-corrected chi connectivity index (χ3v) is 3.10. The van der Waals surface area contributed by atoms with Gasteiger partial charge in [0, 0.05) is 6.08 Å². The fraction of sp³-hybridized carbons (Fsp3) is 0.167. The molecule has 0 aliphatic carbocycles. The number of carbonyl (C=O) groups is 1. The van der Waals surface area contributed by atoms with E-state index in [1.54, 1.807) is 0 Å². The molecule has 0 saturated heterocycles. The summed E-state index contributed by atoms with van der Waals surface area (Å²) in [6, 6.07) is 16.6. The van der Waals surface area contributed by atoms with E-state index < -0.39 is 5.97 Å². The highest BCUT2D eigenvalue weighted by molar-refractivity contribution is 5.81. The summed E-state index contributed by atoms with van der Waals surface area (Å²) >= 11 is 0. The van der Waals surface area contributed by atoms with Crippen molar-refractivity contribution in [3.8, 4) is 0 Å². The first kappa shape index (κ1) is 14.1. The summed E-state index contributed by atoms with van der Waals surface area (Å²) in [6.45, 7) is 5.74. The summed E-state index contributed by atoms with van der Waals surface area (Å²) in [6.07, 6.45) is 2.08. The normalized spacial score (nSPS) is 10.1. The van der Waals surface area contributed by atoms with Crippen LogP contribution in [0.25, 0.3) is 0 Å². The topological polar surface area (TPSA) is 26.3 Å². The van der Waals surface area contributed by atoms with Crippen molar-refractivity contribution in [2.45, 2.75) is 20.0 Å². The Morgan fingerprint density at radius 2 is 1.50 bits per heavy atom. The minimum atomic E-state index is -0.395. The molecule has 0 unspecified atom stereocenters. The Balaban J connectivity index is 1.95. The molecule has 0 aliphatic heterocycles. The molecule has 0 fully saturated rings. The molecule has 2 rings (SSSR count). The molecule has 0 radical (unpaired) electrons. The molecule has 0 N–H and O–H groups in total. The lowest BCUT2D eigenvalue weighted by Crippen LogP contribution is -2.00. The van der Waals surface area contributed by atoms with Crippen LogP contribution in [0.15, 0.2) is 61.2 Å². The van der Waals surface area contributed by atoms with Crippen LogP contribution in [0.1, 0.15) is 22.3 Å². The molecule has 0 amide bonds. The molecule has 2 nitrogen and oxygen atoms in total. The van der Waals surface area contributed by atoms with Crippen LogP contribution >= 0.6 is 0 Å². The number of benzene rings is 2. The van der Waals surface area contributed by atoms with Gasteiger partial charge in [-0.2, -0.15) is 0 Å². The Hall–Kier alpha value is -2.35. The smallest absolute Gasteiger partial charge is 0.330 e. The minimum absolute atomic E-state index is 0.287. The quantitative estimate of drug-likeness (QED) is 0.607. The average molecular weight is 266 g/mol. The van der Waals surface area contributed by atoms with Crippen molar-refractivity contribution in [2.24, 2.45) is 0 Å². The maximum Gasteiger partial charge on any atom is 0.330 e. The Labute approximate surface area is 119 Å². The fourth-order valence-electron chi connectivity index (χ4n) is 1.91. The second kappa shape index (κ2) is 6.71. The lowest BCUT2D eigenvalue weighted by atomic mass is 10.0. The van der Waals surface area contributed by atoms with E-state index in [1.807, 2.05) is 12.1 Å². The minimum Gasteiger partial charge on any atom is -0.458 e. The first-order valence-electron chi connectivity index (χ1n) is 6.60. The molecule has 0 saturated carbocycles. The van der Waals surface area contributed by atoms with Gasteiger partial charge in [-0.25, -0.2) is 4.79 Å². The Kier molecular flexibility index (Phi) is 4.72. The fourth-order valence-corrected chi connectivity index (χ4v) is 1.91. The first-order chi connectivity index (χ1) is 9.67. The highest BCUT2D eigenvalue weighted by atomic mass is 16.5. The number of hydrogen-bond donors (Lipinski definition) is 0. The molecule has 0 bridgehead atoms. The van der Waals surface area contributed by atoms with Crippen LogP contribution in [0.3, 0.4) is 0 Å². The van der Waals surface area contributed by atoms with E-state index in [4.69, 9.17) is 4.74 Å². The van der Waals surface area contributed by atoms with Gasteiger partial charge in [0.25, 0.3) is 0 Å². The summed E-state index contributed by atoms with van der Waals surface area (Å²) in [4.78, 5) is 11.0. The van der Waals surface area contributed by atoms with Crippen molar-refractivity contribution >= 4 is 5.97 Å². The average Bonchev–Trinajstić information content (AvgIpc) is 2.48. The highest BCUT2D eigenvalue weighted by Gasteiger charge is 2.00. The number of esters is 1. The molecule has 0 aliphatic rings. The van der Waals surface area contributed by atoms with Crippen LogP contribution in [0.2, 0.25) is 0 Å². The number of ether oxygens (including phenoxy) is 1. The largest absolute Gasteiger partial charge is 0.458 e. The molecule has 0 aromatic heterocycles. The van der Waals surface area contributed by atoms with Gasteiger partial charge in [0.15, 0.2) is 0 Å². The van der Waals surface area contributed by atoms with Crippen LogP contribution in [-0.2, 0) is 22.6 Å². The molecule has 0 spiro atoms. The van der Waals surface area contributed by atoms with E-state index in [2.05, 4.69) is 49.9 Å². The molecular weight excluding hydrogens is 248 g/mol. The van der Waals surface area contributed by atoms with E-state index in [1.165, 1.54) is 22.8 Å². The van der Waals surface area contributed by atoms with E-state index in [9.17, 15) is 4.79 Å². The van der Waals surface area contributed by atoms with Gasteiger partial charge in [-0.1, -0.05) is 60.7 Å². The Bertz CT molecular complexity index is 580. The van der Waals surface area contributed by atoms with Gasteiger partial charge in [-0.3, -0.25) is 0 Å². The molecule has 102 valence electrons. The number of aryl methyl sites for hydroxylation is 1. The lowest BCUT2D eigenvalue weighted by molar-refractivity contribution is -0.138. The lowest BCUT2D eigenvalue weighted by Gasteiger charge is -2.05. The van der Waals surface area contributed by atoms with Crippen LogP contribution in [-0.4, -0.2) is 5.97 Å². The summed E-state index contributed by atoms with van der Waals surface area (Å²) in [5.41, 5.74) is 4.79. The molecule has 2 aromatic carbocycles. The standard InChI is InChI=1S/C18H18O2/c1-3-18(19)20-13-17-10-8-16(9-11-17)12-15-6-4-14(2)5-7-15/h3-11H,1,12-13H2,2H3. The molecular formula is C18H18O2. The third kappa shape index (κ3) is 4.09. The zero-order valence-electron chi connectivity index (χ0n) is 11.6. The zero-order valence-corrected chi connectivity index (χ0v) is 11.6. The number of hydrogen-bond acceptors (Lipinski definition) is 2. The van der Waals surface area contributed by atoms with E-state index >= 15 is 0 Å². The van der Waals surface area contributed by atoms with Crippen LogP contribution in [0.4, 0.5) is 0 Å². The number of rotatable bonds is 5. The molecule has 2 heteroatoms. The van der Waals surface area contributed by atoms with Crippen molar-refractivity contribution in [2.75, 3.05) is 0 Å². The molecule has 0 heterocycles. The maximum absolute atomic E-state index is 11.0. The van der Waals surface area contributed by atoms with Crippen molar-refractivity contribution in [1.82, 2.24) is 0 Å². The van der Waals surface area contributed by atoms with E-state index in [0.29, 0.717) is 0 Å². The molecule has 0 atom stereocenters. The van der Waals surface area contributed by atoms with E-state index in [0.717, 1.165) is 12.0 Å². The van der Waals surface area contributed by atoms with Gasteiger partial charge in [0.05, 0.1) is 0 Å². The Morgan fingerprint density at radius 1 is 1.00 bits per heavy atom. The van der Waals surface area contributed by atoms with Crippen molar-refractivity contribution in [1.29, 1.82) is 0 Å². The summed E-state index contributed by atoms with van der Waals surface area (Å²) in [7, 11) is 0. The van der Waals surface area contributed by atoms with Gasteiger partial charge in [-0.05, 0) is 30.0 Å². The molecule has 20 heavy (non-hydrogen) atoms. The van der Waals surface area contributed by atoms with Crippen molar-refractivity contribution in [3.63, 3.8) is 0 Å². The predicted octanol–water partition coefficient (Wildman–Crippen LogP) is 3.82. The van der Waals surface area contributed by atoms with Gasteiger partial charge in [0.1, 0.15) is 6.61 Å². The van der Waals surface area contributed by atoms with Gasteiger partial charge in [0.2, 0.25) is 0 Å². The van der Waals surface area contributed by atoms with E-state index in [-0.39, 0.29) is 6.61 Å². The predicted molar refractivity (Wildman–Crippen MR) is 80.4 cm³/mol. The van der Waals surface area contributed by atoms with Gasteiger partial charge < -0.3 is 4.74 Å². The van der Waals surface area contributed by atoms with Crippen molar-refractivity contribution < 1.29 is 9.53 Å². The van der Waals surface area contributed by atoms with Crippen LogP contribution in [0, 0.1) is 6.92 Å². The maximum atomic E-state index is 11.0. The summed E-state index contributed by atoms with van der Waals surface area (Å²) in [5, 5.41) is 0. The van der Waals surface area contributed by atoms with Gasteiger partial charge in [-0.15, -0.1) is 0 Å². The monoisotopic (exact) mass is 266 g/mol. The zero-order chi connectivity index (χ0) is 14.4. The van der Waals surface area contributed by atoms with Crippen LogP contribution in [0.5, 0.6) is 0 Å². The molecule has 2 aromatic rings. The third-order valence-electron chi connectivity index (χ3n) is 3.10. The highest BCUT2D eigenvalue weighted by Crippen LogP contribution is 2.12.